The zero-order chi connectivity index (χ0) is 19.1. The highest BCUT2D eigenvalue weighted by Gasteiger charge is 2.35. The molecule has 2 aromatic rings. The summed E-state index contributed by atoms with van der Waals surface area (Å²) in [4.78, 5) is 25.8. The van der Waals surface area contributed by atoms with E-state index in [1.54, 1.807) is 24.3 Å². The molecule has 0 aromatic heterocycles. The fourth-order valence-corrected chi connectivity index (χ4v) is 3.54. The van der Waals surface area contributed by atoms with E-state index in [9.17, 15) is 31.2 Å². The van der Waals surface area contributed by atoms with Crippen LogP contribution in [0.2, 0.25) is 0 Å². The molecule has 0 N–H and O–H groups in total. The number of benzene rings is 2. The van der Waals surface area contributed by atoms with Crippen molar-refractivity contribution >= 4 is 32.7 Å². The number of alkyl halides is 3. The van der Waals surface area contributed by atoms with Crippen molar-refractivity contribution in [3.63, 3.8) is 0 Å². The number of imide groups is 1. The number of carbonyl (C=O) groups is 2. The molecule has 3 rings (SSSR count). The van der Waals surface area contributed by atoms with Gasteiger partial charge in [0.05, 0.1) is 5.75 Å². The highest BCUT2D eigenvalue weighted by molar-refractivity contribution is 7.86. The lowest BCUT2D eigenvalue weighted by molar-refractivity contribution is -0.152. The van der Waals surface area contributed by atoms with Gasteiger partial charge in [-0.2, -0.15) is 21.6 Å². The Bertz CT molecular complexity index is 950. The minimum atomic E-state index is -4.81. The molecule has 0 aliphatic carbocycles. The Kier molecular flexibility index (Phi) is 4.49. The molecule has 2 aromatic carbocycles. The Hall–Kier alpha value is -2.46. The minimum absolute atomic E-state index is 0.228. The van der Waals surface area contributed by atoms with Gasteiger partial charge in [0.25, 0.3) is 21.9 Å². The number of rotatable bonds is 5. The van der Waals surface area contributed by atoms with E-state index in [1.807, 2.05) is 0 Å². The molecule has 1 aliphatic heterocycles. The first-order valence-corrected chi connectivity index (χ1v) is 8.98. The fourth-order valence-electron chi connectivity index (χ4n) is 2.70. The zero-order valence-corrected chi connectivity index (χ0v) is 13.9. The molecular formula is C16H12F3NO5S. The largest absolute Gasteiger partial charge is 0.413 e. The first kappa shape index (κ1) is 18.3. The Morgan fingerprint density at radius 3 is 2.00 bits per heavy atom. The molecule has 0 unspecified atom stereocenters. The van der Waals surface area contributed by atoms with Crippen LogP contribution in [-0.4, -0.2) is 50.2 Å². The van der Waals surface area contributed by atoms with E-state index in [1.165, 1.54) is 12.1 Å². The van der Waals surface area contributed by atoms with Crippen LogP contribution in [0.4, 0.5) is 13.2 Å². The molecule has 0 radical (unpaired) electrons. The van der Waals surface area contributed by atoms with E-state index in [2.05, 4.69) is 4.18 Å². The van der Waals surface area contributed by atoms with Gasteiger partial charge in [0, 0.05) is 23.1 Å². The second-order valence-electron chi connectivity index (χ2n) is 5.61. The summed E-state index contributed by atoms with van der Waals surface area (Å²) in [5.74, 6) is -2.34. The van der Waals surface area contributed by atoms with Crippen molar-refractivity contribution in [3.8, 4) is 0 Å². The number of nitrogens with zero attached hydrogens (tertiary/aromatic N) is 1. The van der Waals surface area contributed by atoms with Gasteiger partial charge in [-0.15, -0.1) is 0 Å². The minimum Gasteiger partial charge on any atom is -0.273 e. The quantitative estimate of drug-likeness (QED) is 0.581. The summed E-state index contributed by atoms with van der Waals surface area (Å²) < 4.78 is 63.3. The molecule has 0 spiro atoms. The maximum absolute atomic E-state index is 12.5. The van der Waals surface area contributed by atoms with Crippen molar-refractivity contribution in [1.29, 1.82) is 0 Å². The third-order valence-electron chi connectivity index (χ3n) is 3.82. The lowest BCUT2D eigenvalue weighted by Gasteiger charge is -2.27. The molecular weight excluding hydrogens is 375 g/mol. The van der Waals surface area contributed by atoms with E-state index in [0.29, 0.717) is 15.7 Å². The van der Waals surface area contributed by atoms with Crippen LogP contribution in [0.3, 0.4) is 0 Å². The summed E-state index contributed by atoms with van der Waals surface area (Å²) in [7, 11) is -4.56. The number of halogens is 3. The molecule has 0 atom stereocenters. The van der Waals surface area contributed by atoms with E-state index in [0.717, 1.165) is 0 Å². The van der Waals surface area contributed by atoms with E-state index >= 15 is 0 Å². The summed E-state index contributed by atoms with van der Waals surface area (Å²) in [6.07, 6.45) is -4.81. The summed E-state index contributed by atoms with van der Waals surface area (Å²) in [6.45, 7) is -2.57. The summed E-state index contributed by atoms with van der Waals surface area (Å²) in [5.41, 5.74) is 0.456. The lowest BCUT2D eigenvalue weighted by atomic mass is 9.94. The maximum atomic E-state index is 12.5. The average molecular weight is 387 g/mol. The SMILES string of the molecule is O=C1c2cccc3cccc(c23)C(=O)N1CCS(=O)(=O)OCC(F)(F)F. The molecule has 0 saturated heterocycles. The average Bonchev–Trinajstić information content (AvgIpc) is 2.57. The Labute approximate surface area is 146 Å². The number of hydrogen-bond donors (Lipinski definition) is 0. The van der Waals surface area contributed by atoms with Crippen molar-refractivity contribution in [2.24, 2.45) is 0 Å². The standard InChI is InChI=1S/C16H12F3NO5S/c17-16(18,19)9-25-26(23,24)8-7-20-14(21)11-5-1-3-10-4-2-6-12(13(10)11)15(20)22/h1-6H,7-9H2. The summed E-state index contributed by atoms with van der Waals surface area (Å²) in [6, 6.07) is 9.71. The predicted octanol–water partition coefficient (Wildman–Crippen LogP) is 2.34. The molecule has 1 aliphatic rings. The number of carbonyl (C=O) groups excluding carboxylic acids is 2. The van der Waals surface area contributed by atoms with E-state index in [-0.39, 0.29) is 11.1 Å². The normalized spacial score (nSPS) is 15.0. The van der Waals surface area contributed by atoms with Crippen molar-refractivity contribution in [1.82, 2.24) is 4.90 Å². The zero-order valence-electron chi connectivity index (χ0n) is 13.1. The topological polar surface area (TPSA) is 80.8 Å². The van der Waals surface area contributed by atoms with Gasteiger partial charge in [0.15, 0.2) is 6.61 Å². The monoisotopic (exact) mass is 387 g/mol. The molecule has 1 heterocycles. The summed E-state index contributed by atoms with van der Waals surface area (Å²) in [5, 5.41) is 1.15. The van der Waals surface area contributed by atoms with Gasteiger partial charge in [-0.05, 0) is 17.5 Å². The number of amides is 2. The van der Waals surface area contributed by atoms with Crippen molar-refractivity contribution in [2.45, 2.75) is 6.18 Å². The van der Waals surface area contributed by atoms with Gasteiger partial charge in [0.2, 0.25) is 0 Å². The second kappa shape index (κ2) is 6.36. The predicted molar refractivity (Wildman–Crippen MR) is 85.1 cm³/mol. The maximum Gasteiger partial charge on any atom is 0.413 e. The Morgan fingerprint density at radius 1 is 0.962 bits per heavy atom. The summed E-state index contributed by atoms with van der Waals surface area (Å²) >= 11 is 0. The molecule has 10 heteroatoms. The van der Waals surface area contributed by atoms with Gasteiger partial charge in [-0.1, -0.05) is 24.3 Å². The first-order valence-electron chi connectivity index (χ1n) is 7.41. The molecule has 2 amide bonds. The lowest BCUT2D eigenvalue weighted by Crippen LogP contribution is -2.43. The van der Waals surface area contributed by atoms with Crippen LogP contribution in [0.25, 0.3) is 10.8 Å². The van der Waals surface area contributed by atoms with Crippen LogP contribution in [0, 0.1) is 0 Å². The third-order valence-corrected chi connectivity index (χ3v) is 4.98. The van der Waals surface area contributed by atoms with E-state index < -0.39 is 47.0 Å². The van der Waals surface area contributed by atoms with Crippen LogP contribution in [-0.2, 0) is 14.3 Å². The van der Waals surface area contributed by atoms with E-state index in [4.69, 9.17) is 0 Å². The third kappa shape index (κ3) is 3.56. The van der Waals surface area contributed by atoms with Crippen molar-refractivity contribution in [3.05, 3.63) is 47.5 Å². The number of hydrogen-bond acceptors (Lipinski definition) is 5. The van der Waals surface area contributed by atoms with Crippen LogP contribution < -0.4 is 0 Å². The van der Waals surface area contributed by atoms with Gasteiger partial charge in [-0.3, -0.25) is 18.7 Å². The van der Waals surface area contributed by atoms with Gasteiger partial charge >= 0.3 is 6.18 Å². The molecule has 26 heavy (non-hydrogen) atoms. The molecule has 0 saturated carbocycles. The highest BCUT2D eigenvalue weighted by atomic mass is 32.2. The molecule has 6 nitrogen and oxygen atoms in total. The van der Waals surface area contributed by atoms with Crippen LogP contribution >= 0.6 is 0 Å². The van der Waals surface area contributed by atoms with Crippen LogP contribution in [0.1, 0.15) is 20.7 Å². The fraction of sp³-hybridized carbons (Fsp3) is 0.250. The molecule has 0 bridgehead atoms. The van der Waals surface area contributed by atoms with Gasteiger partial charge < -0.3 is 0 Å². The highest BCUT2D eigenvalue weighted by Crippen LogP contribution is 2.29. The van der Waals surface area contributed by atoms with Crippen LogP contribution in [0.5, 0.6) is 0 Å². The first-order chi connectivity index (χ1) is 12.1. The van der Waals surface area contributed by atoms with Gasteiger partial charge in [-0.25, -0.2) is 0 Å². The molecule has 138 valence electrons. The Morgan fingerprint density at radius 2 is 1.50 bits per heavy atom. The smallest absolute Gasteiger partial charge is 0.273 e. The van der Waals surface area contributed by atoms with Gasteiger partial charge in [0.1, 0.15) is 0 Å². The second-order valence-corrected chi connectivity index (χ2v) is 7.37. The Balaban J connectivity index is 1.83. The van der Waals surface area contributed by atoms with Crippen molar-refractivity contribution in [2.75, 3.05) is 18.9 Å². The van der Waals surface area contributed by atoms with Crippen LogP contribution in [0.15, 0.2) is 36.4 Å². The van der Waals surface area contributed by atoms with Crippen molar-refractivity contribution < 1.29 is 35.4 Å². The molecule has 0 fully saturated rings.